The van der Waals surface area contributed by atoms with E-state index in [1.54, 1.807) is 14.2 Å². The molecule has 1 aliphatic carbocycles. The van der Waals surface area contributed by atoms with Crippen LogP contribution in [0.25, 0.3) is 0 Å². The Bertz CT molecular complexity index is 1030. The molecule has 0 amide bonds. The highest BCUT2D eigenvalue weighted by Crippen LogP contribution is 2.49. The zero-order valence-electron chi connectivity index (χ0n) is 40.7. The number of piperazine rings is 1. The van der Waals surface area contributed by atoms with Gasteiger partial charge in [0.1, 0.15) is 30.5 Å². The van der Waals surface area contributed by atoms with Crippen molar-refractivity contribution in [1.29, 1.82) is 0 Å². The van der Waals surface area contributed by atoms with Crippen molar-refractivity contribution in [3.05, 3.63) is 0 Å². The normalized spacial score (nSPS) is 31.4. The molecule has 4 rings (SSSR count). The van der Waals surface area contributed by atoms with Gasteiger partial charge < -0.3 is 74.0 Å². The second kappa shape index (κ2) is 32.9. The van der Waals surface area contributed by atoms with Crippen LogP contribution in [0.4, 0.5) is 0 Å². The molecule has 368 valence electrons. The van der Waals surface area contributed by atoms with E-state index in [1.807, 2.05) is 21.0 Å². The molecule has 61 heavy (non-hydrogen) atoms. The topological polar surface area (TPSA) is 207 Å². The highest BCUT2D eigenvalue weighted by atomic mass is 16.6. The zero-order chi connectivity index (χ0) is 46.8. The molecule has 3 saturated heterocycles. The molecule has 0 spiro atoms. The maximum absolute atomic E-state index is 9.66. The van der Waals surface area contributed by atoms with Crippen LogP contribution in [0.1, 0.15) is 99.3 Å². The second-order valence-electron chi connectivity index (χ2n) is 18.6. The lowest BCUT2D eigenvalue weighted by atomic mass is 9.62. The third kappa shape index (κ3) is 24.5. The first-order valence-electron chi connectivity index (χ1n) is 22.8. The molecular weight excluding hydrogens is 791 g/mol. The fraction of sp³-hybridized carbons (Fsp3) is 1.00. The molecule has 4 aliphatic rings. The van der Waals surface area contributed by atoms with Crippen LogP contribution in [0.2, 0.25) is 0 Å². The fourth-order valence-corrected chi connectivity index (χ4v) is 8.82. The molecule has 0 aromatic carbocycles. The van der Waals surface area contributed by atoms with Crippen molar-refractivity contribution in [3.8, 4) is 0 Å². The Morgan fingerprint density at radius 1 is 0.705 bits per heavy atom. The van der Waals surface area contributed by atoms with E-state index < -0.39 is 54.9 Å². The van der Waals surface area contributed by atoms with Gasteiger partial charge in [-0.05, 0) is 69.9 Å². The van der Waals surface area contributed by atoms with Crippen LogP contribution in [0.3, 0.4) is 0 Å². The van der Waals surface area contributed by atoms with Gasteiger partial charge in [-0.25, -0.2) is 0 Å². The molecule has 12 atom stereocenters. The summed E-state index contributed by atoms with van der Waals surface area (Å²) in [5.74, 6) is -0.432. The number of aliphatic hydroxyl groups is 7. The van der Waals surface area contributed by atoms with Crippen molar-refractivity contribution in [3.63, 3.8) is 0 Å². The highest BCUT2D eigenvalue weighted by molar-refractivity contribution is 4.92. The van der Waals surface area contributed by atoms with Crippen molar-refractivity contribution >= 4 is 0 Å². The Labute approximate surface area is 370 Å². The van der Waals surface area contributed by atoms with E-state index in [-0.39, 0.29) is 13.2 Å². The summed E-state index contributed by atoms with van der Waals surface area (Å²) in [6.45, 7) is 22.3. The highest BCUT2D eigenvalue weighted by Gasteiger charge is 2.43. The van der Waals surface area contributed by atoms with Crippen molar-refractivity contribution < 1.29 is 64.2 Å². The molecule has 16 heteroatoms. The molecule has 0 aromatic rings. The maximum atomic E-state index is 9.66. The van der Waals surface area contributed by atoms with E-state index in [1.165, 1.54) is 85.5 Å². The smallest absolute Gasteiger partial charge is 0.160 e. The lowest BCUT2D eigenvalue weighted by Crippen LogP contribution is -2.55. The molecule has 16 nitrogen and oxygen atoms in total. The van der Waals surface area contributed by atoms with E-state index in [0.29, 0.717) is 42.3 Å². The Hall–Kier alpha value is -0.640. The predicted octanol–water partition coefficient (Wildman–Crippen LogP) is 2.21. The summed E-state index contributed by atoms with van der Waals surface area (Å²) in [6.07, 6.45) is 1.75. The Balaban J connectivity index is 0.000000746. The number of likely N-dealkylation sites (N-methyl/N-ethyl adjacent to an activating group) is 2. The summed E-state index contributed by atoms with van der Waals surface area (Å²) < 4.78 is 30.3. The zero-order valence-corrected chi connectivity index (χ0v) is 40.7. The quantitative estimate of drug-likeness (QED) is 0.112. The van der Waals surface area contributed by atoms with Crippen LogP contribution >= 0.6 is 0 Å². The molecular formula is C45H95N3O13. The lowest BCUT2D eigenvalue weighted by molar-refractivity contribution is -0.271. The number of rotatable bonds is 17. The third-order valence-electron chi connectivity index (χ3n) is 12.2. The van der Waals surface area contributed by atoms with E-state index in [0.717, 1.165) is 19.7 Å². The van der Waals surface area contributed by atoms with Gasteiger partial charge >= 0.3 is 0 Å². The van der Waals surface area contributed by atoms with Gasteiger partial charge in [-0.2, -0.15) is 0 Å². The van der Waals surface area contributed by atoms with E-state index in [9.17, 15) is 35.7 Å². The standard InChI is InChI=1S/C13H26O.C9H18O5.C9H20O5.C8H18N2O.C6H13NO/c1-6-7-13(4)9-11(14-5)8-12(2,3)10-13;1-3-5-7(10)8(11)6(4-13-2)14-9(5)12;1-3-4-6(10)8(12)9(13)7(11)5-14-2;1-9-3-5-10(6-4-9)7-8-11-2;1-7-4-3-6(5-7)8-2/h11H,6-10H2,1-5H3;5-12H,3-4H2,1-2H3;6-13H,3-5H2,1-2H3;3-8H2,1-2H3;6H,3-5H2,1-2H3. The SMILES string of the molecule is CCC1C(O)OC(COC)C(O)C1O.CCCC(O)C(O)C(O)C(O)COC.CCCC1(C)CC(OC)CC(C)(C)C1.COC1CCN(C)C1.COCCN1CCN(C)CC1. The summed E-state index contributed by atoms with van der Waals surface area (Å²) in [5, 5.41) is 66.2. The van der Waals surface area contributed by atoms with Crippen LogP contribution in [0.5, 0.6) is 0 Å². The van der Waals surface area contributed by atoms with Gasteiger partial charge in [0.25, 0.3) is 0 Å². The summed E-state index contributed by atoms with van der Waals surface area (Å²) in [5.41, 5.74) is 0.972. The molecule has 4 fully saturated rings. The first-order chi connectivity index (χ1) is 28.7. The molecule has 0 aromatic heterocycles. The lowest BCUT2D eigenvalue weighted by Gasteiger charge is -2.46. The maximum Gasteiger partial charge on any atom is 0.160 e. The summed E-state index contributed by atoms with van der Waals surface area (Å²) in [7, 11) is 12.6. The fourth-order valence-electron chi connectivity index (χ4n) is 8.82. The molecule has 7 N–H and O–H groups in total. The minimum atomic E-state index is -1.38. The molecule has 0 radical (unpaired) electrons. The monoisotopic (exact) mass is 886 g/mol. The van der Waals surface area contributed by atoms with Crippen LogP contribution in [-0.2, 0) is 28.4 Å². The summed E-state index contributed by atoms with van der Waals surface area (Å²) in [6, 6.07) is 0. The minimum Gasteiger partial charge on any atom is -0.390 e. The van der Waals surface area contributed by atoms with Gasteiger partial charge in [0.2, 0.25) is 0 Å². The van der Waals surface area contributed by atoms with Gasteiger partial charge in [-0.1, -0.05) is 54.4 Å². The average molecular weight is 886 g/mol. The largest absolute Gasteiger partial charge is 0.390 e. The second-order valence-corrected chi connectivity index (χ2v) is 18.6. The van der Waals surface area contributed by atoms with Crippen LogP contribution in [-0.4, -0.2) is 227 Å². The Kier molecular flexibility index (Phi) is 32.6. The number of ether oxygens (including phenoxy) is 6. The summed E-state index contributed by atoms with van der Waals surface area (Å²) >= 11 is 0. The van der Waals surface area contributed by atoms with E-state index in [2.05, 4.69) is 61.2 Å². The molecule has 1 saturated carbocycles. The molecule has 3 heterocycles. The molecule has 3 aliphatic heterocycles. The van der Waals surface area contributed by atoms with E-state index in [4.69, 9.17) is 23.7 Å². The summed E-state index contributed by atoms with van der Waals surface area (Å²) in [4.78, 5) is 7.10. The first-order valence-corrected chi connectivity index (χ1v) is 22.8. The minimum absolute atomic E-state index is 0.0723. The Morgan fingerprint density at radius 2 is 1.31 bits per heavy atom. The number of aliphatic hydroxyl groups excluding tert-OH is 7. The van der Waals surface area contributed by atoms with Crippen LogP contribution in [0, 0.1) is 16.7 Å². The van der Waals surface area contributed by atoms with Gasteiger partial charge in [0, 0.05) is 87.3 Å². The van der Waals surface area contributed by atoms with Gasteiger partial charge in [0.15, 0.2) is 6.29 Å². The average Bonchev–Trinajstić information content (AvgIpc) is 3.65. The molecule has 0 bridgehead atoms. The predicted molar refractivity (Wildman–Crippen MR) is 240 cm³/mol. The van der Waals surface area contributed by atoms with E-state index >= 15 is 0 Å². The van der Waals surface area contributed by atoms with Gasteiger partial charge in [-0.3, -0.25) is 4.90 Å². The van der Waals surface area contributed by atoms with Gasteiger partial charge in [0.05, 0.1) is 44.2 Å². The third-order valence-corrected chi connectivity index (χ3v) is 12.2. The van der Waals surface area contributed by atoms with Crippen LogP contribution in [0.15, 0.2) is 0 Å². The van der Waals surface area contributed by atoms with Gasteiger partial charge in [-0.15, -0.1) is 0 Å². The molecule has 12 unspecified atom stereocenters. The first kappa shape index (κ1) is 60.4. The Morgan fingerprint density at radius 3 is 1.77 bits per heavy atom. The van der Waals surface area contributed by atoms with Crippen molar-refractivity contribution in [2.45, 2.75) is 161 Å². The number of likely N-dealkylation sites (tertiary alicyclic amines) is 1. The number of nitrogens with zero attached hydrogens (tertiary/aromatic N) is 3. The van der Waals surface area contributed by atoms with Crippen molar-refractivity contribution in [2.75, 3.05) is 115 Å². The number of methoxy groups -OCH3 is 5. The van der Waals surface area contributed by atoms with Crippen molar-refractivity contribution in [1.82, 2.24) is 14.7 Å². The van der Waals surface area contributed by atoms with Crippen LogP contribution < -0.4 is 0 Å². The van der Waals surface area contributed by atoms with Crippen molar-refractivity contribution in [2.24, 2.45) is 16.7 Å². The number of hydrogen-bond acceptors (Lipinski definition) is 16. The number of hydrogen-bond donors (Lipinski definition) is 7.